The quantitative estimate of drug-likeness (QED) is 0.313. The number of hydrogen-bond donors (Lipinski definition) is 0. The van der Waals surface area contributed by atoms with Crippen molar-refractivity contribution < 1.29 is 22.7 Å². The highest BCUT2D eigenvalue weighted by Crippen LogP contribution is 2.39. The monoisotopic (exact) mass is 485 g/mol. The number of carbonyl (C=O) groups is 1. The summed E-state index contributed by atoms with van der Waals surface area (Å²) in [4.78, 5) is 23.9. The summed E-state index contributed by atoms with van der Waals surface area (Å²) in [5.74, 6) is 0.145. The first kappa shape index (κ1) is 22.6. The average Bonchev–Trinajstić information content (AvgIpc) is 3.34. The Morgan fingerprint density at radius 2 is 1.94 bits per heavy atom. The second-order valence-electron chi connectivity index (χ2n) is 8.45. The number of nitrogens with zero attached hydrogens (tertiary/aromatic N) is 3. The maximum absolute atomic E-state index is 13.2. The van der Waals surface area contributed by atoms with Gasteiger partial charge in [-0.25, -0.2) is 9.97 Å². The molecule has 0 atom stereocenters. The summed E-state index contributed by atoms with van der Waals surface area (Å²) in [6, 6.07) is 6.76. The van der Waals surface area contributed by atoms with Gasteiger partial charge in [0, 0.05) is 27.5 Å². The van der Waals surface area contributed by atoms with Crippen LogP contribution in [0.2, 0.25) is 0 Å². The minimum absolute atomic E-state index is 0.219. The molecule has 0 saturated heterocycles. The second kappa shape index (κ2) is 8.54. The van der Waals surface area contributed by atoms with Crippen molar-refractivity contribution in [1.82, 2.24) is 14.5 Å². The molecule has 0 unspecified atom stereocenters. The smallest absolute Gasteiger partial charge is 0.416 e. The first-order chi connectivity index (χ1) is 16.2. The average molecular weight is 486 g/mol. The zero-order chi connectivity index (χ0) is 24.0. The van der Waals surface area contributed by atoms with Gasteiger partial charge in [0.25, 0.3) is 0 Å². The molecule has 0 radical (unpaired) electrons. The van der Waals surface area contributed by atoms with Gasteiger partial charge in [0.2, 0.25) is 11.7 Å². The molecule has 0 fully saturated rings. The number of thiophene rings is 1. The number of ketones is 1. The Balaban J connectivity index is 1.42. The molecule has 0 saturated carbocycles. The van der Waals surface area contributed by atoms with Gasteiger partial charge >= 0.3 is 6.18 Å². The maximum Gasteiger partial charge on any atom is 0.416 e. The SMILES string of the molecule is Cc1cc(C(=O)COc2ncnc3sc4c(c23)CCCC4)c(C)n1-c1cccc(C(F)(F)F)c1. The lowest BCUT2D eigenvalue weighted by molar-refractivity contribution is -0.137. The highest BCUT2D eigenvalue weighted by molar-refractivity contribution is 7.18. The zero-order valence-corrected chi connectivity index (χ0v) is 19.5. The van der Waals surface area contributed by atoms with Crippen LogP contribution in [0, 0.1) is 13.8 Å². The molecule has 0 aliphatic heterocycles. The molecule has 3 heterocycles. The third-order valence-corrected chi connectivity index (χ3v) is 7.42. The van der Waals surface area contributed by atoms with Crippen molar-refractivity contribution in [2.45, 2.75) is 45.7 Å². The molecule has 0 spiro atoms. The van der Waals surface area contributed by atoms with E-state index in [0.717, 1.165) is 48.0 Å². The molecule has 5 rings (SSSR count). The Morgan fingerprint density at radius 1 is 1.15 bits per heavy atom. The van der Waals surface area contributed by atoms with E-state index < -0.39 is 11.7 Å². The Bertz CT molecular complexity index is 1400. The van der Waals surface area contributed by atoms with Crippen molar-refractivity contribution in [3.8, 4) is 11.6 Å². The number of ether oxygens (including phenoxy) is 1. The van der Waals surface area contributed by atoms with E-state index in [4.69, 9.17) is 4.74 Å². The van der Waals surface area contributed by atoms with Crippen molar-refractivity contribution >= 4 is 27.3 Å². The molecule has 5 nitrogen and oxygen atoms in total. The second-order valence-corrected chi connectivity index (χ2v) is 9.53. The number of fused-ring (bicyclic) bond motifs is 3. The van der Waals surface area contributed by atoms with Crippen LogP contribution in [0.15, 0.2) is 36.7 Å². The number of alkyl halides is 3. The summed E-state index contributed by atoms with van der Waals surface area (Å²) >= 11 is 1.65. The molecule has 0 N–H and O–H groups in total. The van der Waals surface area contributed by atoms with Crippen molar-refractivity contribution in [2.24, 2.45) is 0 Å². The normalized spacial score (nSPS) is 13.8. The largest absolute Gasteiger partial charge is 0.469 e. The fourth-order valence-corrected chi connectivity index (χ4v) is 5.87. The van der Waals surface area contributed by atoms with Gasteiger partial charge in [-0.1, -0.05) is 6.07 Å². The van der Waals surface area contributed by atoms with Crippen LogP contribution in [0.3, 0.4) is 0 Å². The van der Waals surface area contributed by atoms with Gasteiger partial charge in [0.15, 0.2) is 6.61 Å². The van der Waals surface area contributed by atoms with Gasteiger partial charge < -0.3 is 9.30 Å². The van der Waals surface area contributed by atoms with Gasteiger partial charge in [-0.05, 0) is 69.4 Å². The third-order valence-electron chi connectivity index (χ3n) is 6.22. The van der Waals surface area contributed by atoms with Crippen LogP contribution in [0.4, 0.5) is 13.2 Å². The summed E-state index contributed by atoms with van der Waals surface area (Å²) in [6.07, 6.45) is 1.24. The molecule has 0 bridgehead atoms. The molecule has 176 valence electrons. The lowest BCUT2D eigenvalue weighted by atomic mass is 9.97. The molecule has 34 heavy (non-hydrogen) atoms. The molecule has 9 heteroatoms. The van der Waals surface area contributed by atoms with Gasteiger partial charge in [0.05, 0.1) is 10.9 Å². The lowest BCUT2D eigenvalue weighted by Crippen LogP contribution is -2.14. The number of aryl methyl sites for hydroxylation is 3. The number of aromatic nitrogens is 3. The first-order valence-electron chi connectivity index (χ1n) is 11.0. The third kappa shape index (κ3) is 3.98. The van der Waals surface area contributed by atoms with E-state index in [2.05, 4.69) is 9.97 Å². The summed E-state index contributed by atoms with van der Waals surface area (Å²) in [6.45, 7) is 3.26. The predicted octanol–water partition coefficient (Wildman–Crippen LogP) is 6.26. The highest BCUT2D eigenvalue weighted by Gasteiger charge is 2.31. The molecule has 4 aromatic rings. The standard InChI is InChI=1S/C25H22F3N3O2S/c1-14-10-19(15(2)31(14)17-7-5-6-16(11-17)25(26,27)28)20(32)12-33-23-22-18-8-3-4-9-21(18)34-24(22)30-13-29-23/h5-7,10-11,13H,3-4,8-9,12H2,1-2H3. The summed E-state index contributed by atoms with van der Waals surface area (Å²) < 4.78 is 47.1. The van der Waals surface area contributed by atoms with Crippen molar-refractivity contribution in [2.75, 3.05) is 6.61 Å². The van der Waals surface area contributed by atoms with Gasteiger partial charge in [-0.15, -0.1) is 11.3 Å². The van der Waals surface area contributed by atoms with Gasteiger partial charge in [0.1, 0.15) is 11.2 Å². The summed E-state index contributed by atoms with van der Waals surface area (Å²) in [5, 5.41) is 0.893. The topological polar surface area (TPSA) is 57.0 Å². The van der Waals surface area contributed by atoms with E-state index in [1.54, 1.807) is 41.9 Å². The Kier molecular flexibility index (Phi) is 5.67. The minimum Gasteiger partial charge on any atom is -0.469 e. The number of carbonyl (C=O) groups excluding carboxylic acids is 1. The fraction of sp³-hybridized carbons (Fsp3) is 0.320. The molecule has 1 aromatic carbocycles. The molecular weight excluding hydrogens is 463 g/mol. The number of hydrogen-bond acceptors (Lipinski definition) is 5. The van der Waals surface area contributed by atoms with E-state index in [1.807, 2.05) is 0 Å². The zero-order valence-electron chi connectivity index (χ0n) is 18.7. The van der Waals surface area contributed by atoms with Crippen LogP contribution < -0.4 is 4.74 Å². The van der Waals surface area contributed by atoms with Crippen molar-refractivity contribution in [1.29, 1.82) is 0 Å². The Labute approximate surface area is 198 Å². The minimum atomic E-state index is -4.44. The molecule has 1 aliphatic carbocycles. The molecular formula is C25H22F3N3O2S. The fourth-order valence-electron chi connectivity index (χ4n) is 4.65. The van der Waals surface area contributed by atoms with Crippen LogP contribution in [0.25, 0.3) is 15.9 Å². The number of halogens is 3. The van der Waals surface area contributed by atoms with E-state index in [0.29, 0.717) is 28.5 Å². The van der Waals surface area contributed by atoms with Crippen LogP contribution >= 0.6 is 11.3 Å². The number of rotatable bonds is 5. The number of Topliss-reactive ketones (excluding diaryl/α,β-unsaturated/α-hetero) is 1. The van der Waals surface area contributed by atoms with E-state index >= 15 is 0 Å². The van der Waals surface area contributed by atoms with Crippen LogP contribution in [0.1, 0.15) is 50.6 Å². The van der Waals surface area contributed by atoms with Gasteiger partial charge in [-0.3, -0.25) is 4.79 Å². The summed E-state index contributed by atoms with van der Waals surface area (Å²) in [5.41, 5.74) is 2.47. The van der Waals surface area contributed by atoms with Crippen LogP contribution in [-0.4, -0.2) is 26.9 Å². The van der Waals surface area contributed by atoms with E-state index in [9.17, 15) is 18.0 Å². The lowest BCUT2D eigenvalue weighted by Gasteiger charge is -2.13. The first-order valence-corrected chi connectivity index (χ1v) is 11.8. The Morgan fingerprint density at radius 3 is 2.74 bits per heavy atom. The predicted molar refractivity (Wildman–Crippen MR) is 124 cm³/mol. The van der Waals surface area contributed by atoms with Crippen molar-refractivity contribution in [3.05, 3.63) is 69.6 Å². The highest BCUT2D eigenvalue weighted by atomic mass is 32.1. The van der Waals surface area contributed by atoms with Crippen LogP contribution in [0.5, 0.6) is 5.88 Å². The number of benzene rings is 1. The van der Waals surface area contributed by atoms with Gasteiger partial charge in [-0.2, -0.15) is 13.2 Å². The van der Waals surface area contributed by atoms with E-state index in [1.165, 1.54) is 22.8 Å². The Hall–Kier alpha value is -3.20. The van der Waals surface area contributed by atoms with E-state index in [-0.39, 0.29) is 12.4 Å². The maximum atomic E-state index is 13.2. The molecule has 0 amide bonds. The van der Waals surface area contributed by atoms with Crippen molar-refractivity contribution in [3.63, 3.8) is 0 Å². The summed E-state index contributed by atoms with van der Waals surface area (Å²) in [7, 11) is 0. The molecule has 3 aromatic heterocycles. The van der Waals surface area contributed by atoms with Crippen LogP contribution in [-0.2, 0) is 19.0 Å². The molecule has 1 aliphatic rings.